The molecule has 8 nitrogen and oxygen atoms in total. The van der Waals surface area contributed by atoms with Gasteiger partial charge in [-0.25, -0.2) is 13.2 Å². The number of nitrogens with zero attached hydrogens (tertiary/aromatic N) is 4. The van der Waals surface area contributed by atoms with Crippen LogP contribution >= 0.6 is 0 Å². The van der Waals surface area contributed by atoms with Crippen LogP contribution in [0.3, 0.4) is 0 Å². The summed E-state index contributed by atoms with van der Waals surface area (Å²) in [5.41, 5.74) is 1.12. The van der Waals surface area contributed by atoms with E-state index >= 15 is 0 Å². The normalized spacial score (nSPS) is 23.9. The van der Waals surface area contributed by atoms with Gasteiger partial charge in [0.2, 0.25) is 10.0 Å². The number of rotatable bonds is 8. The first kappa shape index (κ1) is 26.4. The number of cyclic esters (lactones) is 1. The largest absolute Gasteiger partial charge is 0.443 e. The van der Waals surface area contributed by atoms with Crippen molar-refractivity contribution in [2.24, 2.45) is 0 Å². The maximum Gasteiger partial charge on any atom is 0.410 e. The Kier molecular flexibility index (Phi) is 9.07. The number of carbonyl (C=O) groups is 1. The Morgan fingerprint density at radius 1 is 0.971 bits per heavy atom. The molecule has 1 aromatic rings. The van der Waals surface area contributed by atoms with Crippen molar-refractivity contribution in [1.82, 2.24) is 19.0 Å². The first-order valence-electron chi connectivity index (χ1n) is 13.3. The molecule has 196 valence electrons. The maximum atomic E-state index is 13.4. The van der Waals surface area contributed by atoms with Gasteiger partial charge >= 0.3 is 6.09 Å². The fraction of sp³-hybridized carbons (Fsp3) is 0.731. The SMILES string of the molecule is CCN(C[C@@H]1CN(C2CCCCCCC2)C(=O)O1)S(=O)(=O)c1ccc(CN2CCN(C)CC2)cc1. The van der Waals surface area contributed by atoms with Crippen molar-refractivity contribution in [3.8, 4) is 0 Å². The first-order valence-corrected chi connectivity index (χ1v) is 14.8. The lowest BCUT2D eigenvalue weighted by Gasteiger charge is -2.32. The second-order valence-corrected chi connectivity index (χ2v) is 12.3. The van der Waals surface area contributed by atoms with Crippen molar-refractivity contribution in [2.75, 3.05) is 52.9 Å². The first-order chi connectivity index (χ1) is 16.9. The lowest BCUT2D eigenvalue weighted by atomic mass is 9.96. The highest BCUT2D eigenvalue weighted by atomic mass is 32.2. The highest BCUT2D eigenvalue weighted by Crippen LogP contribution is 2.27. The molecule has 0 spiro atoms. The Hall–Kier alpha value is -1.68. The fourth-order valence-corrected chi connectivity index (χ4v) is 6.97. The average molecular weight is 507 g/mol. The summed E-state index contributed by atoms with van der Waals surface area (Å²) >= 11 is 0. The van der Waals surface area contributed by atoms with E-state index in [-0.39, 0.29) is 18.7 Å². The van der Waals surface area contributed by atoms with Crippen LogP contribution in [0, 0.1) is 0 Å². The lowest BCUT2D eigenvalue weighted by Crippen LogP contribution is -2.43. The molecule has 1 saturated carbocycles. The number of hydrogen-bond donors (Lipinski definition) is 0. The van der Waals surface area contributed by atoms with Crippen molar-refractivity contribution < 1.29 is 17.9 Å². The van der Waals surface area contributed by atoms with E-state index in [2.05, 4.69) is 16.8 Å². The van der Waals surface area contributed by atoms with E-state index in [4.69, 9.17) is 4.74 Å². The van der Waals surface area contributed by atoms with Crippen LogP contribution in [0.2, 0.25) is 0 Å². The molecule has 3 aliphatic rings. The van der Waals surface area contributed by atoms with E-state index in [1.807, 2.05) is 24.0 Å². The summed E-state index contributed by atoms with van der Waals surface area (Å²) in [6, 6.07) is 7.48. The number of benzene rings is 1. The highest BCUT2D eigenvalue weighted by Gasteiger charge is 2.38. The molecule has 0 N–H and O–H groups in total. The van der Waals surface area contributed by atoms with Gasteiger partial charge in [0, 0.05) is 45.3 Å². The standard InChI is InChI=1S/C26H42N4O4S/c1-3-29(20-24-21-30(26(31)34-24)23-9-7-5-4-6-8-10-23)35(32,33)25-13-11-22(12-14-25)19-28-17-15-27(2)16-18-28/h11-14,23-24H,3-10,15-21H2,1-2H3/t24-/m1/s1. The quantitative estimate of drug-likeness (QED) is 0.538. The highest BCUT2D eigenvalue weighted by molar-refractivity contribution is 7.89. The van der Waals surface area contributed by atoms with Gasteiger partial charge in [0.15, 0.2) is 0 Å². The minimum absolute atomic E-state index is 0.191. The van der Waals surface area contributed by atoms with Gasteiger partial charge in [-0.3, -0.25) is 4.90 Å². The molecule has 1 atom stereocenters. The second-order valence-electron chi connectivity index (χ2n) is 10.3. The summed E-state index contributed by atoms with van der Waals surface area (Å²) in [5, 5.41) is 0. The number of likely N-dealkylation sites (N-methyl/N-ethyl adjacent to an activating group) is 2. The lowest BCUT2D eigenvalue weighted by molar-refractivity contribution is 0.118. The van der Waals surface area contributed by atoms with Gasteiger partial charge in [0.1, 0.15) is 6.10 Å². The molecular formula is C26H42N4O4S. The van der Waals surface area contributed by atoms with Crippen molar-refractivity contribution in [2.45, 2.75) is 75.5 Å². The fourth-order valence-electron chi connectivity index (χ4n) is 5.49. The Labute approximate surface area is 211 Å². The van der Waals surface area contributed by atoms with E-state index in [9.17, 15) is 13.2 Å². The summed E-state index contributed by atoms with van der Waals surface area (Å²) in [6.45, 7) is 7.84. The molecule has 9 heteroatoms. The zero-order valence-corrected chi connectivity index (χ0v) is 22.2. The van der Waals surface area contributed by atoms with Crippen molar-refractivity contribution in [3.05, 3.63) is 29.8 Å². The van der Waals surface area contributed by atoms with Crippen LogP contribution in [0.25, 0.3) is 0 Å². The molecule has 3 fully saturated rings. The molecule has 0 radical (unpaired) electrons. The molecule has 0 bridgehead atoms. The summed E-state index contributed by atoms with van der Waals surface area (Å²) in [4.78, 5) is 19.5. The Morgan fingerprint density at radius 3 is 2.23 bits per heavy atom. The van der Waals surface area contributed by atoms with Crippen molar-refractivity contribution in [3.63, 3.8) is 0 Å². The smallest absolute Gasteiger partial charge is 0.410 e. The molecule has 35 heavy (non-hydrogen) atoms. The number of carbonyl (C=O) groups excluding carboxylic acids is 1. The number of sulfonamides is 1. The number of amides is 1. The Balaban J connectivity index is 1.35. The topological polar surface area (TPSA) is 73.4 Å². The average Bonchev–Trinajstić information content (AvgIpc) is 3.19. The third-order valence-electron chi connectivity index (χ3n) is 7.74. The number of ether oxygens (including phenoxy) is 1. The van der Waals surface area contributed by atoms with E-state index < -0.39 is 16.1 Å². The molecule has 1 aliphatic carbocycles. The van der Waals surface area contributed by atoms with Crippen LogP contribution in [0.5, 0.6) is 0 Å². The zero-order valence-electron chi connectivity index (χ0n) is 21.4. The third kappa shape index (κ3) is 6.76. The molecule has 2 saturated heterocycles. The molecule has 1 amide bonds. The second kappa shape index (κ2) is 12.0. The Bertz CT molecular complexity index is 923. The summed E-state index contributed by atoms with van der Waals surface area (Å²) < 4.78 is 33.9. The third-order valence-corrected chi connectivity index (χ3v) is 9.70. The molecule has 4 rings (SSSR count). The van der Waals surface area contributed by atoms with E-state index in [0.717, 1.165) is 64.0 Å². The maximum absolute atomic E-state index is 13.4. The van der Waals surface area contributed by atoms with E-state index in [1.54, 1.807) is 12.1 Å². The van der Waals surface area contributed by atoms with Gasteiger partial charge in [-0.1, -0.05) is 51.2 Å². The minimum Gasteiger partial charge on any atom is -0.443 e. The van der Waals surface area contributed by atoms with Crippen LogP contribution in [-0.4, -0.2) is 98.5 Å². The van der Waals surface area contributed by atoms with Crippen molar-refractivity contribution >= 4 is 16.1 Å². The van der Waals surface area contributed by atoms with E-state index in [0.29, 0.717) is 18.0 Å². The number of hydrogen-bond acceptors (Lipinski definition) is 6. The van der Waals surface area contributed by atoms with Gasteiger partial charge in [0.05, 0.1) is 18.0 Å². The summed E-state index contributed by atoms with van der Waals surface area (Å²) in [7, 11) is -1.53. The molecule has 0 unspecified atom stereocenters. The predicted molar refractivity (Wildman–Crippen MR) is 137 cm³/mol. The molecule has 0 aromatic heterocycles. The van der Waals surface area contributed by atoms with Gasteiger partial charge in [-0.05, 0) is 37.6 Å². The minimum atomic E-state index is -3.66. The van der Waals surface area contributed by atoms with Crippen LogP contribution in [-0.2, 0) is 21.3 Å². The number of piperazine rings is 1. The van der Waals surface area contributed by atoms with Crippen LogP contribution in [0.15, 0.2) is 29.2 Å². The molecular weight excluding hydrogens is 464 g/mol. The summed E-state index contributed by atoms with van der Waals surface area (Å²) in [6.07, 6.45) is 7.30. The van der Waals surface area contributed by atoms with Crippen molar-refractivity contribution in [1.29, 1.82) is 0 Å². The van der Waals surface area contributed by atoms with Gasteiger partial charge in [0.25, 0.3) is 0 Å². The summed E-state index contributed by atoms with van der Waals surface area (Å²) in [5.74, 6) is 0. The molecule has 2 heterocycles. The Morgan fingerprint density at radius 2 is 1.60 bits per heavy atom. The van der Waals surface area contributed by atoms with Gasteiger partial charge < -0.3 is 14.5 Å². The van der Waals surface area contributed by atoms with Crippen LogP contribution in [0.4, 0.5) is 4.79 Å². The molecule has 2 aliphatic heterocycles. The molecule has 1 aromatic carbocycles. The van der Waals surface area contributed by atoms with Crippen LogP contribution in [0.1, 0.15) is 57.4 Å². The van der Waals surface area contributed by atoms with Gasteiger partial charge in [-0.15, -0.1) is 0 Å². The predicted octanol–water partition coefficient (Wildman–Crippen LogP) is 3.38. The van der Waals surface area contributed by atoms with E-state index in [1.165, 1.54) is 23.6 Å². The monoisotopic (exact) mass is 506 g/mol. The van der Waals surface area contributed by atoms with Gasteiger partial charge in [-0.2, -0.15) is 4.31 Å². The van der Waals surface area contributed by atoms with Crippen LogP contribution < -0.4 is 0 Å². The zero-order chi connectivity index (χ0) is 24.8.